The summed E-state index contributed by atoms with van der Waals surface area (Å²) in [7, 11) is 0. The maximum Gasteiger partial charge on any atom is 0.288 e. The zero-order valence-electron chi connectivity index (χ0n) is 9.39. The van der Waals surface area contributed by atoms with Gasteiger partial charge in [0.15, 0.2) is 0 Å². The fraction of sp³-hybridized carbons (Fsp3) is 0.455. The summed E-state index contributed by atoms with van der Waals surface area (Å²) in [5.41, 5.74) is 1.58. The van der Waals surface area contributed by atoms with Gasteiger partial charge in [0.25, 0.3) is 5.69 Å². The Morgan fingerprint density at radius 3 is 2.82 bits per heavy atom. The molecular formula is C11H13ClN2O3. The molecule has 92 valence electrons. The Hall–Kier alpha value is -1.33. The average Bonchev–Trinajstić information content (AvgIpc) is 2.67. The van der Waals surface area contributed by atoms with Crippen LogP contribution >= 0.6 is 11.6 Å². The average molecular weight is 257 g/mol. The van der Waals surface area contributed by atoms with Gasteiger partial charge in [-0.1, -0.05) is 11.6 Å². The number of nitro groups is 1. The fourth-order valence-corrected chi connectivity index (χ4v) is 2.32. The van der Waals surface area contributed by atoms with Crippen molar-refractivity contribution in [3.05, 3.63) is 32.8 Å². The van der Waals surface area contributed by atoms with Gasteiger partial charge in [0.2, 0.25) is 0 Å². The number of nitrogens with zero attached hydrogens (tertiary/aromatic N) is 2. The molecule has 0 spiro atoms. The lowest BCUT2D eigenvalue weighted by atomic mass is 10.1. The van der Waals surface area contributed by atoms with E-state index < -0.39 is 4.92 Å². The van der Waals surface area contributed by atoms with E-state index in [1.807, 2.05) is 11.8 Å². The number of hydrogen-bond acceptors (Lipinski definition) is 4. The van der Waals surface area contributed by atoms with Gasteiger partial charge in [-0.25, -0.2) is 0 Å². The highest BCUT2D eigenvalue weighted by atomic mass is 35.5. The smallest absolute Gasteiger partial charge is 0.288 e. The normalized spacial score (nSPS) is 19.7. The lowest BCUT2D eigenvalue weighted by molar-refractivity contribution is -0.384. The minimum atomic E-state index is -0.488. The predicted molar refractivity (Wildman–Crippen MR) is 65.7 cm³/mol. The number of β-amino-alcohol motifs (C(OH)–C–C–N with tert-alkyl or cyclic N) is 1. The van der Waals surface area contributed by atoms with Gasteiger partial charge < -0.3 is 10.0 Å². The molecule has 1 aliphatic rings. The van der Waals surface area contributed by atoms with Crippen LogP contribution in [0.4, 0.5) is 11.4 Å². The number of aryl methyl sites for hydroxylation is 1. The summed E-state index contributed by atoms with van der Waals surface area (Å²) < 4.78 is 0. The van der Waals surface area contributed by atoms with Crippen LogP contribution in [-0.2, 0) is 0 Å². The first-order valence-electron chi connectivity index (χ1n) is 5.36. The van der Waals surface area contributed by atoms with Crippen LogP contribution in [0.2, 0.25) is 5.02 Å². The Morgan fingerprint density at radius 2 is 2.29 bits per heavy atom. The maximum absolute atomic E-state index is 10.7. The molecule has 1 aromatic rings. The van der Waals surface area contributed by atoms with Crippen LogP contribution in [0.15, 0.2) is 12.1 Å². The Labute approximate surface area is 104 Å². The van der Waals surface area contributed by atoms with Crippen LogP contribution in [-0.4, -0.2) is 29.2 Å². The third-order valence-electron chi connectivity index (χ3n) is 2.97. The Balaban J connectivity index is 2.36. The molecule has 0 saturated carbocycles. The molecule has 17 heavy (non-hydrogen) atoms. The largest absolute Gasteiger partial charge is 0.391 e. The van der Waals surface area contributed by atoms with Crippen LogP contribution in [0.3, 0.4) is 0 Å². The Bertz CT molecular complexity index is 464. The van der Waals surface area contributed by atoms with E-state index in [2.05, 4.69) is 0 Å². The second-order valence-corrected chi connectivity index (χ2v) is 4.64. The van der Waals surface area contributed by atoms with Crippen LogP contribution in [0.25, 0.3) is 0 Å². The first kappa shape index (κ1) is 12.1. The van der Waals surface area contributed by atoms with Gasteiger partial charge in [0.05, 0.1) is 11.0 Å². The van der Waals surface area contributed by atoms with E-state index in [1.165, 1.54) is 6.07 Å². The third kappa shape index (κ3) is 2.35. The number of benzene rings is 1. The first-order valence-corrected chi connectivity index (χ1v) is 5.74. The molecule has 2 rings (SSSR count). The zero-order chi connectivity index (χ0) is 12.6. The van der Waals surface area contributed by atoms with Gasteiger partial charge in [-0.05, 0) is 25.0 Å². The Morgan fingerprint density at radius 1 is 1.59 bits per heavy atom. The van der Waals surface area contributed by atoms with Crippen molar-refractivity contribution in [3.63, 3.8) is 0 Å². The monoisotopic (exact) mass is 256 g/mol. The summed E-state index contributed by atoms with van der Waals surface area (Å²) >= 11 is 5.88. The van der Waals surface area contributed by atoms with Crippen LogP contribution in [0, 0.1) is 17.0 Å². The standard InChI is InChI=1S/C11H13ClN2O3/c1-7-4-11(14(16)17)9(12)5-10(7)13-3-2-8(15)6-13/h4-5,8,15H,2-3,6H2,1H3/t8-/m1/s1. The molecule has 0 radical (unpaired) electrons. The van der Waals surface area contributed by atoms with E-state index >= 15 is 0 Å². The lowest BCUT2D eigenvalue weighted by Gasteiger charge is -2.20. The van der Waals surface area contributed by atoms with E-state index in [-0.39, 0.29) is 16.8 Å². The number of aliphatic hydroxyl groups is 1. The molecular weight excluding hydrogens is 244 g/mol. The molecule has 0 bridgehead atoms. The minimum absolute atomic E-state index is 0.0762. The molecule has 5 nitrogen and oxygen atoms in total. The van der Waals surface area contributed by atoms with Crippen molar-refractivity contribution in [2.24, 2.45) is 0 Å². The summed E-state index contributed by atoms with van der Waals surface area (Å²) in [4.78, 5) is 12.2. The molecule has 0 unspecified atom stereocenters. The van der Waals surface area contributed by atoms with Crippen molar-refractivity contribution in [2.75, 3.05) is 18.0 Å². The van der Waals surface area contributed by atoms with Crippen molar-refractivity contribution >= 4 is 23.0 Å². The second kappa shape index (κ2) is 4.50. The van der Waals surface area contributed by atoms with E-state index in [9.17, 15) is 15.2 Å². The highest BCUT2D eigenvalue weighted by Gasteiger charge is 2.24. The summed E-state index contributed by atoms with van der Waals surface area (Å²) in [6.07, 6.45) is 0.386. The SMILES string of the molecule is Cc1cc([N+](=O)[O-])c(Cl)cc1N1CC[C@@H](O)C1. The number of rotatable bonds is 2. The zero-order valence-corrected chi connectivity index (χ0v) is 10.1. The van der Waals surface area contributed by atoms with Crippen molar-refractivity contribution in [1.29, 1.82) is 0 Å². The van der Waals surface area contributed by atoms with Gasteiger partial charge in [0.1, 0.15) is 5.02 Å². The van der Waals surface area contributed by atoms with E-state index in [1.54, 1.807) is 6.07 Å². The summed E-state index contributed by atoms with van der Waals surface area (Å²) in [6.45, 7) is 3.11. The molecule has 1 aliphatic heterocycles. The lowest BCUT2D eigenvalue weighted by Crippen LogP contribution is -2.22. The molecule has 0 aromatic heterocycles. The summed E-state index contributed by atoms with van der Waals surface area (Å²) in [5, 5.41) is 20.3. The van der Waals surface area contributed by atoms with Crippen molar-refractivity contribution in [3.8, 4) is 0 Å². The molecule has 1 heterocycles. The van der Waals surface area contributed by atoms with Crippen molar-refractivity contribution < 1.29 is 10.0 Å². The minimum Gasteiger partial charge on any atom is -0.391 e. The number of anilines is 1. The molecule has 1 aromatic carbocycles. The van der Waals surface area contributed by atoms with Gasteiger partial charge >= 0.3 is 0 Å². The van der Waals surface area contributed by atoms with Crippen LogP contribution in [0.1, 0.15) is 12.0 Å². The molecule has 0 aliphatic carbocycles. The summed E-state index contributed by atoms with van der Waals surface area (Å²) in [6, 6.07) is 3.08. The van der Waals surface area contributed by atoms with Crippen molar-refractivity contribution in [1.82, 2.24) is 0 Å². The molecule has 1 atom stereocenters. The maximum atomic E-state index is 10.7. The van der Waals surface area contributed by atoms with Gasteiger partial charge in [0, 0.05) is 24.8 Å². The number of hydrogen-bond donors (Lipinski definition) is 1. The van der Waals surface area contributed by atoms with E-state index in [0.29, 0.717) is 13.0 Å². The van der Waals surface area contributed by atoms with Crippen LogP contribution < -0.4 is 4.90 Å². The highest BCUT2D eigenvalue weighted by Crippen LogP contribution is 2.33. The number of halogens is 1. The molecule has 0 amide bonds. The predicted octanol–water partition coefficient (Wildman–Crippen LogP) is 2.13. The van der Waals surface area contributed by atoms with E-state index in [4.69, 9.17) is 11.6 Å². The highest BCUT2D eigenvalue weighted by molar-refractivity contribution is 6.33. The molecule has 1 saturated heterocycles. The van der Waals surface area contributed by atoms with Gasteiger partial charge in [-0.3, -0.25) is 10.1 Å². The first-order chi connectivity index (χ1) is 7.99. The van der Waals surface area contributed by atoms with Crippen molar-refractivity contribution in [2.45, 2.75) is 19.4 Å². The fourth-order valence-electron chi connectivity index (χ4n) is 2.10. The molecule has 6 heteroatoms. The Kier molecular flexibility index (Phi) is 3.22. The third-order valence-corrected chi connectivity index (χ3v) is 3.27. The van der Waals surface area contributed by atoms with Gasteiger partial charge in [-0.15, -0.1) is 0 Å². The quantitative estimate of drug-likeness (QED) is 0.650. The number of aliphatic hydroxyl groups excluding tert-OH is 1. The topological polar surface area (TPSA) is 66.6 Å². The second-order valence-electron chi connectivity index (χ2n) is 4.24. The van der Waals surface area contributed by atoms with Gasteiger partial charge in [-0.2, -0.15) is 0 Å². The molecule has 1 N–H and O–H groups in total. The number of nitro benzene ring substituents is 1. The van der Waals surface area contributed by atoms with E-state index in [0.717, 1.165) is 17.8 Å². The summed E-state index contributed by atoms with van der Waals surface area (Å²) in [5.74, 6) is 0. The van der Waals surface area contributed by atoms with Crippen LogP contribution in [0.5, 0.6) is 0 Å². The molecule has 1 fully saturated rings.